The van der Waals surface area contributed by atoms with Crippen LogP contribution in [0.1, 0.15) is 25.3 Å². The van der Waals surface area contributed by atoms with Crippen LogP contribution in [0, 0.1) is 11.7 Å². The normalized spacial score (nSPS) is 11.9. The van der Waals surface area contributed by atoms with Gasteiger partial charge >= 0.3 is 5.97 Å². The summed E-state index contributed by atoms with van der Waals surface area (Å²) in [5.74, 6) is -2.31. The van der Waals surface area contributed by atoms with E-state index < -0.39 is 17.7 Å². The van der Waals surface area contributed by atoms with E-state index in [1.807, 2.05) is 6.92 Å². The summed E-state index contributed by atoms with van der Waals surface area (Å²) in [5.41, 5.74) is 0.507. The minimum Gasteiger partial charge on any atom is -0.481 e. The summed E-state index contributed by atoms with van der Waals surface area (Å²) in [6.07, 6.45) is 1.24. The SMILES string of the molecule is CCCC(CNC(=O)Cc1ccc(F)cc1Cl)C(=O)O. The van der Waals surface area contributed by atoms with Gasteiger partial charge in [-0.05, 0) is 24.1 Å². The first-order chi connectivity index (χ1) is 9.43. The summed E-state index contributed by atoms with van der Waals surface area (Å²) in [5, 5.41) is 11.7. The molecule has 0 aliphatic carbocycles. The number of nitrogens with one attached hydrogen (secondary N) is 1. The van der Waals surface area contributed by atoms with Gasteiger partial charge in [0.05, 0.1) is 12.3 Å². The fraction of sp³-hybridized carbons (Fsp3) is 0.429. The van der Waals surface area contributed by atoms with Gasteiger partial charge in [-0.3, -0.25) is 9.59 Å². The molecule has 0 saturated heterocycles. The molecule has 4 nitrogen and oxygen atoms in total. The monoisotopic (exact) mass is 301 g/mol. The van der Waals surface area contributed by atoms with Crippen molar-refractivity contribution in [2.24, 2.45) is 5.92 Å². The summed E-state index contributed by atoms with van der Waals surface area (Å²) in [7, 11) is 0. The Morgan fingerprint density at radius 1 is 1.45 bits per heavy atom. The van der Waals surface area contributed by atoms with Crippen molar-refractivity contribution in [2.75, 3.05) is 6.54 Å². The lowest BCUT2D eigenvalue weighted by Gasteiger charge is -2.12. The van der Waals surface area contributed by atoms with Gasteiger partial charge < -0.3 is 10.4 Å². The van der Waals surface area contributed by atoms with Crippen LogP contribution in [0.15, 0.2) is 18.2 Å². The topological polar surface area (TPSA) is 66.4 Å². The first kappa shape index (κ1) is 16.4. The number of carbonyl (C=O) groups excluding carboxylic acids is 1. The fourth-order valence-corrected chi connectivity index (χ4v) is 2.03. The van der Waals surface area contributed by atoms with Crippen molar-refractivity contribution in [3.05, 3.63) is 34.6 Å². The number of aliphatic carboxylic acids is 1. The number of carboxylic acid groups (broad SMARTS) is 1. The van der Waals surface area contributed by atoms with Crippen LogP contribution in [0.5, 0.6) is 0 Å². The Balaban J connectivity index is 2.53. The second kappa shape index (κ2) is 7.85. The molecule has 0 saturated carbocycles. The molecule has 0 aliphatic rings. The van der Waals surface area contributed by atoms with Gasteiger partial charge in [0.15, 0.2) is 0 Å². The van der Waals surface area contributed by atoms with Gasteiger partial charge in [0.25, 0.3) is 0 Å². The molecule has 0 radical (unpaired) electrons. The Morgan fingerprint density at radius 2 is 2.15 bits per heavy atom. The van der Waals surface area contributed by atoms with E-state index in [1.54, 1.807) is 0 Å². The highest BCUT2D eigenvalue weighted by Gasteiger charge is 2.17. The van der Waals surface area contributed by atoms with Crippen molar-refractivity contribution < 1.29 is 19.1 Å². The maximum atomic E-state index is 12.9. The molecule has 1 unspecified atom stereocenters. The van der Waals surface area contributed by atoms with Crippen molar-refractivity contribution in [2.45, 2.75) is 26.2 Å². The minimum absolute atomic E-state index is 0.00240. The summed E-state index contributed by atoms with van der Waals surface area (Å²) in [4.78, 5) is 22.7. The Morgan fingerprint density at radius 3 is 2.70 bits per heavy atom. The minimum atomic E-state index is -0.924. The fourth-order valence-electron chi connectivity index (χ4n) is 1.80. The van der Waals surface area contributed by atoms with E-state index in [0.717, 1.165) is 12.5 Å². The molecule has 0 spiro atoms. The van der Waals surface area contributed by atoms with E-state index in [9.17, 15) is 14.0 Å². The van der Waals surface area contributed by atoms with Gasteiger partial charge in [0.1, 0.15) is 5.82 Å². The number of hydrogen-bond donors (Lipinski definition) is 2. The van der Waals surface area contributed by atoms with Crippen molar-refractivity contribution in [1.29, 1.82) is 0 Å². The molecular weight excluding hydrogens is 285 g/mol. The van der Waals surface area contributed by atoms with Crippen molar-refractivity contribution in [1.82, 2.24) is 5.32 Å². The smallest absolute Gasteiger partial charge is 0.308 e. The van der Waals surface area contributed by atoms with Crippen LogP contribution in [0.3, 0.4) is 0 Å². The number of hydrogen-bond acceptors (Lipinski definition) is 2. The molecule has 6 heteroatoms. The molecule has 20 heavy (non-hydrogen) atoms. The van der Waals surface area contributed by atoms with Gasteiger partial charge in [0, 0.05) is 11.6 Å². The Hall–Kier alpha value is -1.62. The summed E-state index contributed by atoms with van der Waals surface area (Å²) >= 11 is 5.82. The van der Waals surface area contributed by atoms with E-state index >= 15 is 0 Å². The molecule has 1 atom stereocenters. The van der Waals surface area contributed by atoms with Crippen LogP contribution in [-0.4, -0.2) is 23.5 Å². The van der Waals surface area contributed by atoms with E-state index in [0.29, 0.717) is 12.0 Å². The highest BCUT2D eigenvalue weighted by atomic mass is 35.5. The van der Waals surface area contributed by atoms with Crippen LogP contribution in [-0.2, 0) is 16.0 Å². The second-order valence-electron chi connectivity index (χ2n) is 4.54. The molecular formula is C14H17ClFNO3. The van der Waals surface area contributed by atoms with Gasteiger partial charge in [0.2, 0.25) is 5.91 Å². The average Bonchev–Trinajstić information content (AvgIpc) is 2.37. The molecule has 0 fully saturated rings. The lowest BCUT2D eigenvalue weighted by Crippen LogP contribution is -2.33. The number of rotatable bonds is 7. The Bertz CT molecular complexity index is 493. The molecule has 2 N–H and O–H groups in total. The predicted octanol–water partition coefficient (Wildman–Crippen LogP) is 2.64. The second-order valence-corrected chi connectivity index (χ2v) is 4.95. The van der Waals surface area contributed by atoms with Gasteiger partial charge in [-0.1, -0.05) is 31.0 Å². The number of halogens is 2. The third-order valence-electron chi connectivity index (χ3n) is 2.90. The van der Waals surface area contributed by atoms with Crippen LogP contribution in [0.2, 0.25) is 5.02 Å². The van der Waals surface area contributed by atoms with E-state index in [-0.39, 0.29) is 23.9 Å². The first-order valence-corrected chi connectivity index (χ1v) is 6.75. The van der Waals surface area contributed by atoms with Crippen LogP contribution in [0.25, 0.3) is 0 Å². The molecule has 1 aromatic rings. The van der Waals surface area contributed by atoms with Crippen molar-refractivity contribution >= 4 is 23.5 Å². The van der Waals surface area contributed by atoms with Crippen LogP contribution < -0.4 is 5.32 Å². The van der Waals surface area contributed by atoms with E-state index in [1.165, 1.54) is 12.1 Å². The standard InChI is InChI=1S/C14H17ClFNO3/c1-2-3-10(14(19)20)8-17-13(18)6-9-4-5-11(16)7-12(9)15/h4-5,7,10H,2-3,6,8H2,1H3,(H,17,18)(H,19,20). The maximum Gasteiger partial charge on any atom is 0.308 e. The highest BCUT2D eigenvalue weighted by molar-refractivity contribution is 6.31. The molecule has 1 amide bonds. The van der Waals surface area contributed by atoms with Gasteiger partial charge in [-0.25, -0.2) is 4.39 Å². The van der Waals surface area contributed by atoms with Crippen molar-refractivity contribution in [3.63, 3.8) is 0 Å². The quantitative estimate of drug-likeness (QED) is 0.813. The Labute approximate surface area is 121 Å². The van der Waals surface area contributed by atoms with Gasteiger partial charge in [-0.15, -0.1) is 0 Å². The third-order valence-corrected chi connectivity index (χ3v) is 3.25. The molecule has 0 heterocycles. The molecule has 0 bridgehead atoms. The lowest BCUT2D eigenvalue weighted by atomic mass is 10.0. The molecule has 1 aromatic carbocycles. The number of amides is 1. The first-order valence-electron chi connectivity index (χ1n) is 6.37. The molecule has 0 aromatic heterocycles. The van der Waals surface area contributed by atoms with Crippen LogP contribution >= 0.6 is 11.6 Å². The summed E-state index contributed by atoms with van der Waals surface area (Å²) in [6.45, 7) is 1.97. The average molecular weight is 302 g/mol. The van der Waals surface area contributed by atoms with Gasteiger partial charge in [-0.2, -0.15) is 0 Å². The molecule has 1 rings (SSSR count). The molecule has 0 aliphatic heterocycles. The third kappa shape index (κ3) is 5.17. The largest absolute Gasteiger partial charge is 0.481 e. The Kier molecular flexibility index (Phi) is 6.45. The van der Waals surface area contributed by atoms with Crippen LogP contribution in [0.4, 0.5) is 4.39 Å². The lowest BCUT2D eigenvalue weighted by molar-refractivity contribution is -0.141. The van der Waals surface area contributed by atoms with E-state index in [4.69, 9.17) is 16.7 Å². The summed E-state index contributed by atoms with van der Waals surface area (Å²) < 4.78 is 12.9. The summed E-state index contributed by atoms with van der Waals surface area (Å²) in [6, 6.07) is 3.81. The van der Waals surface area contributed by atoms with Crippen molar-refractivity contribution in [3.8, 4) is 0 Å². The zero-order valence-corrected chi connectivity index (χ0v) is 11.9. The maximum absolute atomic E-state index is 12.9. The number of benzene rings is 1. The highest BCUT2D eigenvalue weighted by Crippen LogP contribution is 2.17. The zero-order chi connectivity index (χ0) is 15.1. The zero-order valence-electron chi connectivity index (χ0n) is 11.2. The predicted molar refractivity (Wildman–Crippen MR) is 74.2 cm³/mol. The van der Waals surface area contributed by atoms with E-state index in [2.05, 4.69) is 5.32 Å². The number of carbonyl (C=O) groups is 2. The molecule has 110 valence electrons. The number of carboxylic acids is 1.